The Morgan fingerprint density at radius 3 is 2.50 bits per heavy atom. The summed E-state index contributed by atoms with van der Waals surface area (Å²) in [5.41, 5.74) is 0.934. The Bertz CT molecular complexity index is 456. The van der Waals surface area contributed by atoms with E-state index in [1.54, 1.807) is 0 Å². The van der Waals surface area contributed by atoms with Crippen molar-refractivity contribution in [3.05, 3.63) is 35.9 Å². The van der Waals surface area contributed by atoms with Gasteiger partial charge in [0.1, 0.15) is 6.61 Å². The third-order valence-corrected chi connectivity index (χ3v) is 3.30. The molecule has 2 N–H and O–H groups in total. The van der Waals surface area contributed by atoms with Crippen LogP contribution in [0.3, 0.4) is 0 Å². The lowest BCUT2D eigenvalue weighted by Crippen LogP contribution is -2.46. The van der Waals surface area contributed by atoms with E-state index in [4.69, 9.17) is 9.84 Å². The van der Waals surface area contributed by atoms with Crippen LogP contribution >= 0.6 is 0 Å². The summed E-state index contributed by atoms with van der Waals surface area (Å²) in [4.78, 5) is 23.7. The molecule has 1 aromatic rings. The van der Waals surface area contributed by atoms with Gasteiger partial charge in [0.25, 0.3) is 0 Å². The summed E-state index contributed by atoms with van der Waals surface area (Å²) in [5.74, 6) is 0. The molecule has 1 aliphatic heterocycles. The maximum atomic E-state index is 11.6. The van der Waals surface area contributed by atoms with Gasteiger partial charge in [0.05, 0.1) is 0 Å². The fraction of sp³-hybridized carbons (Fsp3) is 0.429. The first-order chi connectivity index (χ1) is 9.65. The van der Waals surface area contributed by atoms with Crippen LogP contribution in [0.4, 0.5) is 9.59 Å². The molecule has 1 fully saturated rings. The van der Waals surface area contributed by atoms with Gasteiger partial charge in [-0.15, -0.1) is 0 Å². The molecule has 0 bridgehead atoms. The molecule has 1 heterocycles. The lowest BCUT2D eigenvalue weighted by Gasteiger charge is -2.30. The van der Waals surface area contributed by atoms with Crippen molar-refractivity contribution in [2.45, 2.75) is 25.5 Å². The Morgan fingerprint density at radius 2 is 1.90 bits per heavy atom. The Labute approximate surface area is 117 Å². The quantitative estimate of drug-likeness (QED) is 0.887. The number of likely N-dealkylation sites (tertiary alicyclic amines) is 1. The van der Waals surface area contributed by atoms with Crippen molar-refractivity contribution in [2.75, 3.05) is 13.1 Å². The number of piperidine rings is 1. The largest absolute Gasteiger partial charge is 0.465 e. The highest BCUT2D eigenvalue weighted by atomic mass is 16.5. The number of hydrogen-bond donors (Lipinski definition) is 2. The number of benzene rings is 1. The predicted molar refractivity (Wildman–Crippen MR) is 72.4 cm³/mol. The van der Waals surface area contributed by atoms with E-state index < -0.39 is 12.2 Å². The molecule has 6 heteroatoms. The average molecular weight is 278 g/mol. The number of ether oxygens (including phenoxy) is 1. The van der Waals surface area contributed by atoms with Gasteiger partial charge in [0.15, 0.2) is 0 Å². The minimum absolute atomic E-state index is 0.0196. The Morgan fingerprint density at radius 1 is 1.25 bits per heavy atom. The van der Waals surface area contributed by atoms with Crippen molar-refractivity contribution < 1.29 is 19.4 Å². The lowest BCUT2D eigenvalue weighted by atomic mass is 10.1. The molecule has 1 saturated heterocycles. The third kappa shape index (κ3) is 4.15. The Hall–Kier alpha value is -2.24. The molecule has 0 saturated carbocycles. The minimum Gasteiger partial charge on any atom is -0.465 e. The monoisotopic (exact) mass is 278 g/mol. The van der Waals surface area contributed by atoms with Gasteiger partial charge in [0.2, 0.25) is 0 Å². The van der Waals surface area contributed by atoms with Crippen LogP contribution in [0.5, 0.6) is 0 Å². The van der Waals surface area contributed by atoms with Gasteiger partial charge in [-0.2, -0.15) is 0 Å². The molecule has 0 unspecified atom stereocenters. The number of carbonyl (C=O) groups is 2. The number of rotatable bonds is 3. The second-order valence-corrected chi connectivity index (χ2v) is 4.75. The van der Waals surface area contributed by atoms with E-state index >= 15 is 0 Å². The van der Waals surface area contributed by atoms with Crippen LogP contribution in [0.2, 0.25) is 0 Å². The zero-order valence-electron chi connectivity index (χ0n) is 11.1. The highest BCUT2D eigenvalue weighted by Gasteiger charge is 2.23. The number of nitrogens with zero attached hydrogens (tertiary/aromatic N) is 1. The fourth-order valence-electron chi connectivity index (χ4n) is 2.15. The molecule has 0 radical (unpaired) electrons. The number of alkyl carbamates (subject to hydrolysis) is 1. The second kappa shape index (κ2) is 6.79. The van der Waals surface area contributed by atoms with E-state index in [9.17, 15) is 9.59 Å². The summed E-state index contributed by atoms with van der Waals surface area (Å²) in [6.07, 6.45) is -0.128. The van der Waals surface area contributed by atoms with Gasteiger partial charge in [-0.25, -0.2) is 9.59 Å². The van der Waals surface area contributed by atoms with Crippen LogP contribution in [-0.2, 0) is 11.3 Å². The van der Waals surface area contributed by atoms with Crippen molar-refractivity contribution in [2.24, 2.45) is 0 Å². The van der Waals surface area contributed by atoms with Crippen LogP contribution in [0.15, 0.2) is 30.3 Å². The maximum absolute atomic E-state index is 11.6. The summed E-state index contributed by atoms with van der Waals surface area (Å²) in [5, 5.41) is 11.6. The first-order valence-electron chi connectivity index (χ1n) is 6.60. The topological polar surface area (TPSA) is 78.9 Å². The van der Waals surface area contributed by atoms with Gasteiger partial charge >= 0.3 is 12.2 Å². The van der Waals surface area contributed by atoms with E-state index in [1.165, 1.54) is 4.90 Å². The first-order valence-corrected chi connectivity index (χ1v) is 6.60. The van der Waals surface area contributed by atoms with Gasteiger partial charge in [-0.3, -0.25) is 0 Å². The van der Waals surface area contributed by atoms with Gasteiger partial charge < -0.3 is 20.1 Å². The summed E-state index contributed by atoms with van der Waals surface area (Å²) in [6, 6.07) is 9.43. The van der Waals surface area contributed by atoms with Crippen molar-refractivity contribution in [3.63, 3.8) is 0 Å². The molecular formula is C14H18N2O4. The Kier molecular flexibility index (Phi) is 4.81. The zero-order chi connectivity index (χ0) is 14.4. The fourth-order valence-corrected chi connectivity index (χ4v) is 2.15. The highest BCUT2D eigenvalue weighted by Crippen LogP contribution is 2.10. The molecule has 1 aromatic carbocycles. The number of nitrogens with one attached hydrogen (secondary N) is 1. The van der Waals surface area contributed by atoms with Crippen molar-refractivity contribution in [1.82, 2.24) is 10.2 Å². The molecule has 0 aromatic heterocycles. The summed E-state index contributed by atoms with van der Waals surface area (Å²) >= 11 is 0. The molecule has 0 aliphatic carbocycles. The SMILES string of the molecule is O=C(NC1CCN(C(=O)O)CC1)OCc1ccccc1. The standard InChI is InChI=1S/C14H18N2O4/c17-13(20-10-11-4-2-1-3-5-11)15-12-6-8-16(9-7-12)14(18)19/h1-5,12H,6-10H2,(H,15,17)(H,18,19). The van der Waals surface area contributed by atoms with Crippen LogP contribution in [0.1, 0.15) is 18.4 Å². The molecule has 20 heavy (non-hydrogen) atoms. The maximum Gasteiger partial charge on any atom is 0.407 e. The molecule has 2 rings (SSSR count). The van der Waals surface area contributed by atoms with Crippen molar-refractivity contribution in [1.29, 1.82) is 0 Å². The van der Waals surface area contributed by atoms with Crippen molar-refractivity contribution in [3.8, 4) is 0 Å². The molecular weight excluding hydrogens is 260 g/mol. The second-order valence-electron chi connectivity index (χ2n) is 4.75. The molecule has 1 aliphatic rings. The zero-order valence-corrected chi connectivity index (χ0v) is 11.1. The van der Waals surface area contributed by atoms with Crippen molar-refractivity contribution >= 4 is 12.2 Å². The van der Waals surface area contributed by atoms with E-state index in [0.29, 0.717) is 25.9 Å². The minimum atomic E-state index is -0.907. The summed E-state index contributed by atoms with van der Waals surface area (Å²) < 4.78 is 5.13. The highest BCUT2D eigenvalue weighted by molar-refractivity contribution is 5.68. The number of carbonyl (C=O) groups excluding carboxylic acids is 1. The molecule has 6 nitrogen and oxygen atoms in total. The van der Waals surface area contributed by atoms with Gasteiger partial charge in [-0.05, 0) is 18.4 Å². The van der Waals surface area contributed by atoms with Gasteiger partial charge in [-0.1, -0.05) is 30.3 Å². The average Bonchev–Trinajstić information content (AvgIpc) is 2.47. The van der Waals surface area contributed by atoms with Crippen LogP contribution < -0.4 is 5.32 Å². The predicted octanol–water partition coefficient (Wildman–Crippen LogP) is 2.06. The number of amides is 2. The number of hydrogen-bond acceptors (Lipinski definition) is 3. The Balaban J connectivity index is 1.69. The van der Waals surface area contributed by atoms with Gasteiger partial charge in [0, 0.05) is 19.1 Å². The molecule has 108 valence electrons. The van der Waals surface area contributed by atoms with Crippen LogP contribution in [0, 0.1) is 0 Å². The molecule has 2 amide bonds. The van der Waals surface area contributed by atoms with E-state index in [-0.39, 0.29) is 12.6 Å². The normalized spacial score (nSPS) is 15.7. The summed E-state index contributed by atoms with van der Waals surface area (Å²) in [7, 11) is 0. The van der Waals surface area contributed by atoms with Crippen LogP contribution in [0.25, 0.3) is 0 Å². The van der Waals surface area contributed by atoms with E-state index in [0.717, 1.165) is 5.56 Å². The third-order valence-electron chi connectivity index (χ3n) is 3.30. The van der Waals surface area contributed by atoms with E-state index in [2.05, 4.69) is 5.32 Å². The number of carboxylic acid groups (broad SMARTS) is 1. The van der Waals surface area contributed by atoms with E-state index in [1.807, 2.05) is 30.3 Å². The van der Waals surface area contributed by atoms with Crippen LogP contribution in [-0.4, -0.2) is 41.3 Å². The molecule has 0 atom stereocenters. The first kappa shape index (κ1) is 14.2. The smallest absolute Gasteiger partial charge is 0.407 e. The lowest BCUT2D eigenvalue weighted by molar-refractivity contribution is 0.117. The molecule has 0 spiro atoms. The summed E-state index contributed by atoms with van der Waals surface area (Å²) in [6.45, 7) is 1.12.